The summed E-state index contributed by atoms with van der Waals surface area (Å²) in [5.74, 6) is 1.45. The van der Waals surface area contributed by atoms with Crippen LogP contribution < -0.4 is 9.47 Å². The summed E-state index contributed by atoms with van der Waals surface area (Å²) in [6, 6.07) is 26.3. The molecule has 0 amide bonds. The second-order valence-corrected chi connectivity index (χ2v) is 23.2. The number of imidazole rings is 1. The molecule has 0 unspecified atom stereocenters. The smallest absolute Gasteiger partial charge is 0.181 e. The maximum atomic E-state index is 12.9. The molecule has 0 bridgehead atoms. The van der Waals surface area contributed by atoms with Crippen LogP contribution in [0.2, 0.25) is 5.02 Å². The summed E-state index contributed by atoms with van der Waals surface area (Å²) in [6.07, 6.45) is 15.3. The number of ether oxygens (including phenoxy) is 2. The third-order valence-electron chi connectivity index (χ3n) is 13.0. The molecule has 2 aliphatic rings. The van der Waals surface area contributed by atoms with Crippen LogP contribution in [0.25, 0.3) is 66.1 Å². The van der Waals surface area contributed by atoms with Gasteiger partial charge in [-0.3, -0.25) is 4.68 Å². The van der Waals surface area contributed by atoms with E-state index in [0.29, 0.717) is 39.4 Å². The van der Waals surface area contributed by atoms with Crippen LogP contribution in [-0.4, -0.2) is 85.0 Å². The van der Waals surface area contributed by atoms with Crippen molar-refractivity contribution in [2.24, 2.45) is 0 Å². The van der Waals surface area contributed by atoms with Gasteiger partial charge < -0.3 is 24.0 Å². The summed E-state index contributed by atoms with van der Waals surface area (Å²) in [4.78, 5) is 20.9. The highest BCUT2D eigenvalue weighted by molar-refractivity contribution is 7.92. The predicted molar refractivity (Wildman–Crippen MR) is 275 cm³/mol. The number of nitrogens with one attached hydrogen (secondary N) is 2. The Kier molecular flexibility index (Phi) is 12.3. The topological polar surface area (TPSA) is 193 Å². The molecule has 15 nitrogen and oxygen atoms in total. The van der Waals surface area contributed by atoms with Gasteiger partial charge in [0.1, 0.15) is 22.8 Å². The Morgan fingerprint density at radius 1 is 0.676 bits per heavy atom. The monoisotopic (exact) mass is 1010 g/mol. The summed E-state index contributed by atoms with van der Waals surface area (Å²) in [7, 11) is -6.59. The molecule has 0 radical (unpaired) electrons. The quantitative estimate of drug-likeness (QED) is 0.0875. The largest absolute Gasteiger partial charge is 0.491 e. The minimum absolute atomic E-state index is 0.244. The van der Waals surface area contributed by atoms with Crippen LogP contribution in [0.15, 0.2) is 132 Å². The Morgan fingerprint density at radius 2 is 1.24 bits per heavy atom. The second-order valence-electron chi connectivity index (χ2n) is 18.3. The molecule has 18 heteroatoms. The van der Waals surface area contributed by atoms with E-state index in [0.717, 1.165) is 129 Å². The number of halogens is 1. The first-order chi connectivity index (χ1) is 34.4. The van der Waals surface area contributed by atoms with Crippen LogP contribution in [0.4, 0.5) is 0 Å². The summed E-state index contributed by atoms with van der Waals surface area (Å²) in [5, 5.41) is 11.6. The fourth-order valence-corrected chi connectivity index (χ4v) is 12.7. The number of aryl methyl sites for hydroxylation is 4. The average molecular weight is 1010 g/mol. The molecule has 71 heavy (non-hydrogen) atoms. The molecule has 0 saturated heterocycles. The van der Waals surface area contributed by atoms with E-state index in [1.54, 1.807) is 47.4 Å². The van der Waals surface area contributed by atoms with Crippen molar-refractivity contribution < 1.29 is 26.3 Å². The van der Waals surface area contributed by atoms with E-state index in [4.69, 9.17) is 21.1 Å². The summed E-state index contributed by atoms with van der Waals surface area (Å²) in [5.41, 5.74) is 8.70. The average Bonchev–Trinajstić information content (AvgIpc) is 4.25. The zero-order chi connectivity index (χ0) is 48.9. The number of fused-ring (bicyclic) bond motifs is 6. The number of benzene rings is 4. The predicted octanol–water partition coefficient (Wildman–Crippen LogP) is 10.6. The Bertz CT molecular complexity index is 3840. The van der Waals surface area contributed by atoms with Gasteiger partial charge in [-0.05, 0) is 134 Å². The molecule has 2 aliphatic carbocycles. The van der Waals surface area contributed by atoms with Crippen molar-refractivity contribution in [2.75, 3.05) is 13.2 Å². The van der Waals surface area contributed by atoms with Gasteiger partial charge in [-0.1, -0.05) is 41.1 Å². The fraction of sp³-hybridized carbons (Fsp3) is 0.264. The van der Waals surface area contributed by atoms with Gasteiger partial charge in [0, 0.05) is 65.8 Å². The number of hydrogen-bond donors (Lipinski definition) is 2. The SMILES string of the molecule is Cc1cn(CCCOc2ccc(-c3cccc(S(=O)(=O)C4CC4)c3)c3c2[nH]c2ncc(Cl)cc23)cn1.Cc1cnc2[nH]c3c(OCCCn4ccnn4)ccc(-c4cccc(S(=O)(=O)C5CC5)c4)c3c2c1. The fourth-order valence-electron chi connectivity index (χ4n) is 9.13. The van der Waals surface area contributed by atoms with Gasteiger partial charge in [-0.25, -0.2) is 31.8 Å². The minimum atomic E-state index is -3.30. The van der Waals surface area contributed by atoms with Crippen molar-refractivity contribution in [3.05, 3.63) is 139 Å². The highest BCUT2D eigenvalue weighted by atomic mass is 35.5. The minimum Gasteiger partial charge on any atom is -0.491 e. The number of rotatable bonds is 16. The molecule has 4 aromatic carbocycles. The molecule has 362 valence electrons. The normalized spacial score (nSPS) is 14.1. The number of H-pyrrole nitrogens is 2. The zero-order valence-electron chi connectivity index (χ0n) is 39.0. The van der Waals surface area contributed by atoms with Crippen LogP contribution >= 0.6 is 11.6 Å². The van der Waals surface area contributed by atoms with Crippen molar-refractivity contribution in [3.63, 3.8) is 0 Å². The number of hydrogen-bond acceptors (Lipinski definition) is 11. The molecular formula is C53H50ClN9O6S2. The van der Waals surface area contributed by atoms with E-state index in [9.17, 15) is 16.8 Å². The number of sulfone groups is 2. The van der Waals surface area contributed by atoms with Gasteiger partial charge in [-0.2, -0.15) is 0 Å². The molecule has 2 saturated carbocycles. The molecule has 6 heterocycles. The van der Waals surface area contributed by atoms with E-state index < -0.39 is 19.7 Å². The first kappa shape index (κ1) is 46.3. The lowest BCUT2D eigenvalue weighted by atomic mass is 9.99. The number of aromatic nitrogens is 9. The number of nitrogens with zero attached hydrogens (tertiary/aromatic N) is 7. The van der Waals surface area contributed by atoms with Gasteiger partial charge in [0.25, 0.3) is 0 Å². The number of pyridine rings is 2. The second kappa shape index (κ2) is 18.9. The lowest BCUT2D eigenvalue weighted by Crippen LogP contribution is -2.07. The molecular weight excluding hydrogens is 958 g/mol. The lowest BCUT2D eigenvalue weighted by Gasteiger charge is -2.12. The molecule has 2 N–H and O–H groups in total. The molecule has 0 spiro atoms. The summed E-state index contributed by atoms with van der Waals surface area (Å²) < 4.78 is 67.8. The summed E-state index contributed by atoms with van der Waals surface area (Å²) in [6.45, 7) is 6.57. The van der Waals surface area contributed by atoms with E-state index in [2.05, 4.69) is 45.9 Å². The molecule has 6 aromatic heterocycles. The van der Waals surface area contributed by atoms with Crippen molar-refractivity contribution in [3.8, 4) is 33.8 Å². The van der Waals surface area contributed by atoms with Gasteiger partial charge in [0.05, 0.1) is 67.8 Å². The molecule has 0 aliphatic heterocycles. The van der Waals surface area contributed by atoms with Crippen molar-refractivity contribution in [2.45, 2.75) is 85.8 Å². The Balaban J connectivity index is 0.000000154. The van der Waals surface area contributed by atoms with Crippen LogP contribution in [0.3, 0.4) is 0 Å². The van der Waals surface area contributed by atoms with Crippen LogP contribution in [0.1, 0.15) is 49.8 Å². The highest BCUT2D eigenvalue weighted by Crippen LogP contribution is 2.43. The Morgan fingerprint density at radius 3 is 1.77 bits per heavy atom. The van der Waals surface area contributed by atoms with Crippen LogP contribution in [-0.2, 0) is 32.8 Å². The third-order valence-corrected chi connectivity index (χ3v) is 17.7. The molecule has 12 rings (SSSR count). The van der Waals surface area contributed by atoms with Crippen molar-refractivity contribution >= 4 is 75.1 Å². The van der Waals surface area contributed by atoms with Gasteiger partial charge >= 0.3 is 0 Å². The van der Waals surface area contributed by atoms with Crippen LogP contribution in [0.5, 0.6) is 11.5 Å². The van der Waals surface area contributed by atoms with E-state index >= 15 is 0 Å². The Labute approximate surface area is 415 Å². The van der Waals surface area contributed by atoms with Crippen molar-refractivity contribution in [1.82, 2.24) is 44.5 Å². The van der Waals surface area contributed by atoms with E-state index in [-0.39, 0.29) is 10.5 Å². The Hall–Kier alpha value is -7.08. The lowest BCUT2D eigenvalue weighted by molar-refractivity contribution is 0.300. The maximum Gasteiger partial charge on any atom is 0.181 e. The van der Waals surface area contributed by atoms with Crippen LogP contribution in [0, 0.1) is 13.8 Å². The number of aromatic amines is 2. The summed E-state index contributed by atoms with van der Waals surface area (Å²) >= 11 is 6.31. The first-order valence-electron chi connectivity index (χ1n) is 23.7. The molecule has 2 fully saturated rings. The van der Waals surface area contributed by atoms with E-state index in [1.165, 1.54) is 0 Å². The third kappa shape index (κ3) is 9.48. The van der Waals surface area contributed by atoms with Gasteiger partial charge in [0.2, 0.25) is 0 Å². The maximum absolute atomic E-state index is 12.9. The zero-order valence-corrected chi connectivity index (χ0v) is 41.4. The van der Waals surface area contributed by atoms with Gasteiger partial charge in [-0.15, -0.1) is 5.10 Å². The van der Waals surface area contributed by atoms with Crippen molar-refractivity contribution in [1.29, 1.82) is 0 Å². The standard InChI is InChI=1S/C27H25ClN4O3S.C26H25N5O3S/c1-17-15-32(16-30-17)10-3-11-35-24-9-8-22(25-23-13-19(28)14-29-27(23)31-26(24)25)18-4-2-5-21(12-18)36(33,34)20-6-7-20;1-17-14-22-24-21(18-4-2-5-20(15-18)35(32,33)19-6-7-19)8-9-23(25(24)29-26(22)27-16-17)34-13-3-11-31-12-10-28-30-31/h2,4-5,8-9,12-16,20H,3,6-7,10-11H2,1H3,(H,29,31);2,4-5,8-10,12,14-16,19H,3,6-7,11,13H2,1H3,(H,27,29). The van der Waals surface area contributed by atoms with Gasteiger partial charge in [0.15, 0.2) is 19.7 Å². The molecule has 0 atom stereocenters. The highest BCUT2D eigenvalue weighted by Gasteiger charge is 2.38. The van der Waals surface area contributed by atoms with E-state index in [1.807, 2.05) is 87.3 Å². The first-order valence-corrected chi connectivity index (χ1v) is 27.2. The molecule has 10 aromatic rings.